The van der Waals surface area contributed by atoms with Crippen molar-refractivity contribution in [1.29, 1.82) is 0 Å². The van der Waals surface area contributed by atoms with Gasteiger partial charge in [-0.2, -0.15) is 0 Å². The fourth-order valence-corrected chi connectivity index (χ4v) is 3.95. The molecule has 0 fully saturated rings. The van der Waals surface area contributed by atoms with Crippen LogP contribution < -0.4 is 19.5 Å². The van der Waals surface area contributed by atoms with Gasteiger partial charge >= 0.3 is 0 Å². The van der Waals surface area contributed by atoms with Crippen molar-refractivity contribution in [3.63, 3.8) is 0 Å². The molecule has 4 rings (SSSR count). The quantitative estimate of drug-likeness (QED) is 0.296. The van der Waals surface area contributed by atoms with E-state index in [0.717, 1.165) is 16.7 Å². The van der Waals surface area contributed by atoms with Gasteiger partial charge in [-0.05, 0) is 77.1 Å². The number of aryl methyl sites for hydroxylation is 2. The average molecular weight is 475 g/mol. The smallest absolute Gasteiger partial charge is 0.255 e. The third-order valence-electron chi connectivity index (χ3n) is 5.29. The minimum absolute atomic E-state index is 0.299. The summed E-state index contributed by atoms with van der Waals surface area (Å²) in [7, 11) is 0. The molecule has 1 amide bonds. The zero-order valence-electron chi connectivity index (χ0n) is 20.7. The van der Waals surface area contributed by atoms with Crippen molar-refractivity contribution in [1.82, 2.24) is 4.98 Å². The zero-order valence-corrected chi connectivity index (χ0v) is 20.7. The molecular weight excluding hydrogens is 444 g/mol. The summed E-state index contributed by atoms with van der Waals surface area (Å²) in [6.07, 6.45) is 0. The van der Waals surface area contributed by atoms with Gasteiger partial charge in [-0.15, -0.1) is 0 Å². The zero-order chi connectivity index (χ0) is 24.9. The third kappa shape index (κ3) is 5.40. The second kappa shape index (κ2) is 10.5. The van der Waals surface area contributed by atoms with Crippen LogP contribution in [0.25, 0.3) is 22.6 Å². The van der Waals surface area contributed by atoms with Crippen molar-refractivity contribution < 1.29 is 23.4 Å². The summed E-state index contributed by atoms with van der Waals surface area (Å²) in [6, 6.07) is 14.9. The summed E-state index contributed by atoms with van der Waals surface area (Å²) in [5.41, 5.74) is 5.52. The fraction of sp³-hybridized carbons (Fsp3) is 0.286. The summed E-state index contributed by atoms with van der Waals surface area (Å²) in [5, 5.41) is 2.94. The third-order valence-corrected chi connectivity index (χ3v) is 5.29. The molecule has 0 aliphatic heterocycles. The second-order valence-corrected chi connectivity index (χ2v) is 8.13. The number of carbonyl (C=O) groups is 1. The van der Waals surface area contributed by atoms with Gasteiger partial charge in [0.05, 0.1) is 19.8 Å². The van der Waals surface area contributed by atoms with Crippen LogP contribution in [0.15, 0.2) is 52.9 Å². The van der Waals surface area contributed by atoms with Gasteiger partial charge in [0, 0.05) is 16.8 Å². The highest BCUT2D eigenvalue weighted by atomic mass is 16.5. The van der Waals surface area contributed by atoms with E-state index in [2.05, 4.69) is 16.4 Å². The lowest BCUT2D eigenvalue weighted by atomic mass is 10.1. The van der Waals surface area contributed by atoms with E-state index in [1.807, 2.05) is 46.8 Å². The summed E-state index contributed by atoms with van der Waals surface area (Å²) in [6.45, 7) is 11.0. The van der Waals surface area contributed by atoms with Crippen LogP contribution in [0.2, 0.25) is 0 Å². The number of amides is 1. The number of hydrogen-bond acceptors (Lipinski definition) is 6. The number of hydrogen-bond donors (Lipinski definition) is 1. The average Bonchev–Trinajstić information content (AvgIpc) is 3.24. The number of oxazole rings is 1. The van der Waals surface area contributed by atoms with Crippen LogP contribution in [0.1, 0.15) is 42.3 Å². The van der Waals surface area contributed by atoms with Crippen LogP contribution in [0.4, 0.5) is 5.69 Å². The monoisotopic (exact) mass is 474 g/mol. The Morgan fingerprint density at radius 3 is 2.09 bits per heavy atom. The van der Waals surface area contributed by atoms with E-state index in [0.29, 0.717) is 65.3 Å². The van der Waals surface area contributed by atoms with E-state index in [1.165, 1.54) is 0 Å². The molecule has 1 aromatic heterocycles. The van der Waals surface area contributed by atoms with Gasteiger partial charge in [-0.25, -0.2) is 4.98 Å². The van der Waals surface area contributed by atoms with E-state index in [-0.39, 0.29) is 5.91 Å². The first kappa shape index (κ1) is 24.1. The summed E-state index contributed by atoms with van der Waals surface area (Å²) in [5.74, 6) is 1.68. The van der Waals surface area contributed by atoms with E-state index in [4.69, 9.17) is 18.6 Å². The summed E-state index contributed by atoms with van der Waals surface area (Å²) < 4.78 is 23.1. The minimum atomic E-state index is -0.299. The number of nitrogens with zero attached hydrogens (tertiary/aromatic N) is 1. The highest BCUT2D eigenvalue weighted by Crippen LogP contribution is 2.39. The Kier molecular flexibility index (Phi) is 7.25. The first-order valence-corrected chi connectivity index (χ1v) is 11.8. The molecule has 0 atom stereocenters. The van der Waals surface area contributed by atoms with E-state index >= 15 is 0 Å². The molecule has 0 radical (unpaired) electrons. The van der Waals surface area contributed by atoms with Gasteiger partial charge in [0.15, 0.2) is 17.1 Å². The topological polar surface area (TPSA) is 82.8 Å². The number of carbonyl (C=O) groups excluding carboxylic acids is 1. The number of nitrogens with one attached hydrogen (secondary N) is 1. The van der Waals surface area contributed by atoms with E-state index in [9.17, 15) is 4.79 Å². The predicted octanol–water partition coefficient (Wildman–Crippen LogP) is 6.56. The number of aromatic nitrogens is 1. The highest BCUT2D eigenvalue weighted by molar-refractivity contribution is 6.05. The van der Waals surface area contributed by atoms with Crippen molar-refractivity contribution in [3.8, 4) is 28.7 Å². The SMILES string of the molecule is CCOc1cc(C(=O)Nc2ccc3oc(-c4cc(C)cc(C)c4)nc3c2)cc(OCC)c1OCC. The summed E-state index contributed by atoms with van der Waals surface area (Å²) >= 11 is 0. The number of fused-ring (bicyclic) bond motifs is 1. The van der Waals surface area contributed by atoms with Crippen molar-refractivity contribution in [2.24, 2.45) is 0 Å². The molecule has 0 spiro atoms. The molecule has 1 heterocycles. The van der Waals surface area contributed by atoms with Crippen molar-refractivity contribution in [2.75, 3.05) is 25.1 Å². The minimum Gasteiger partial charge on any atom is -0.490 e. The van der Waals surface area contributed by atoms with E-state index < -0.39 is 0 Å². The Bertz CT molecular complexity index is 1310. The molecule has 7 nitrogen and oxygen atoms in total. The van der Waals surface area contributed by atoms with Gasteiger partial charge in [0.2, 0.25) is 11.6 Å². The maximum atomic E-state index is 13.1. The normalized spacial score (nSPS) is 10.9. The predicted molar refractivity (Wildman–Crippen MR) is 137 cm³/mol. The van der Waals surface area contributed by atoms with Gasteiger partial charge in [-0.1, -0.05) is 17.2 Å². The molecule has 3 aromatic carbocycles. The van der Waals surface area contributed by atoms with Crippen LogP contribution in [-0.4, -0.2) is 30.7 Å². The van der Waals surface area contributed by atoms with Crippen LogP contribution in [0.3, 0.4) is 0 Å². The van der Waals surface area contributed by atoms with Crippen LogP contribution >= 0.6 is 0 Å². The number of benzene rings is 3. The molecule has 182 valence electrons. The van der Waals surface area contributed by atoms with Gasteiger partial charge in [-0.3, -0.25) is 4.79 Å². The van der Waals surface area contributed by atoms with Crippen molar-refractivity contribution in [2.45, 2.75) is 34.6 Å². The molecule has 0 bridgehead atoms. The lowest BCUT2D eigenvalue weighted by molar-refractivity contribution is 0.102. The molecule has 4 aromatic rings. The van der Waals surface area contributed by atoms with Gasteiger partial charge in [0.25, 0.3) is 5.91 Å². The molecular formula is C28H30N2O5. The van der Waals surface area contributed by atoms with Crippen LogP contribution in [0, 0.1) is 13.8 Å². The van der Waals surface area contributed by atoms with Crippen LogP contribution in [-0.2, 0) is 0 Å². The lowest BCUT2D eigenvalue weighted by Crippen LogP contribution is -2.13. The highest BCUT2D eigenvalue weighted by Gasteiger charge is 2.19. The maximum absolute atomic E-state index is 13.1. The Morgan fingerprint density at radius 1 is 0.857 bits per heavy atom. The molecule has 35 heavy (non-hydrogen) atoms. The Morgan fingerprint density at radius 2 is 1.49 bits per heavy atom. The van der Waals surface area contributed by atoms with E-state index in [1.54, 1.807) is 30.3 Å². The Hall–Kier alpha value is -4.00. The first-order chi connectivity index (χ1) is 16.9. The Labute approximate surface area is 205 Å². The van der Waals surface area contributed by atoms with Crippen molar-refractivity contribution >= 4 is 22.7 Å². The Balaban J connectivity index is 1.62. The van der Waals surface area contributed by atoms with Crippen molar-refractivity contribution in [3.05, 3.63) is 65.2 Å². The number of rotatable bonds is 9. The number of ether oxygens (including phenoxy) is 3. The largest absolute Gasteiger partial charge is 0.490 e. The second-order valence-electron chi connectivity index (χ2n) is 8.13. The van der Waals surface area contributed by atoms with Gasteiger partial charge < -0.3 is 23.9 Å². The standard InChI is InChI=1S/C28H30N2O5/c1-6-32-24-14-19(15-25(33-7-2)26(24)34-8-3)27(31)29-21-9-10-23-22(16-21)30-28(35-23)20-12-17(4)11-18(5)13-20/h9-16H,6-8H2,1-5H3,(H,29,31). The number of anilines is 1. The van der Waals surface area contributed by atoms with Crippen LogP contribution in [0.5, 0.6) is 17.2 Å². The fourth-order valence-electron chi connectivity index (χ4n) is 3.95. The molecule has 7 heteroatoms. The first-order valence-electron chi connectivity index (χ1n) is 11.8. The molecule has 0 saturated carbocycles. The summed E-state index contributed by atoms with van der Waals surface area (Å²) in [4.78, 5) is 17.8. The molecule has 0 unspecified atom stereocenters. The molecule has 0 aliphatic carbocycles. The lowest BCUT2D eigenvalue weighted by Gasteiger charge is -2.17. The maximum Gasteiger partial charge on any atom is 0.255 e. The molecule has 0 saturated heterocycles. The molecule has 0 aliphatic rings. The molecule has 1 N–H and O–H groups in total. The van der Waals surface area contributed by atoms with Gasteiger partial charge in [0.1, 0.15) is 5.52 Å².